The first-order chi connectivity index (χ1) is 5.61. The average Bonchev–Trinajstić information content (AvgIpc) is 2.04. The first kappa shape index (κ1) is 10.9. The van der Waals surface area contributed by atoms with Gasteiger partial charge in [0.05, 0.1) is 0 Å². The van der Waals surface area contributed by atoms with Crippen LogP contribution in [0, 0.1) is 0 Å². The van der Waals surface area contributed by atoms with Crippen molar-refractivity contribution in [2.45, 2.75) is 33.2 Å². The highest BCUT2D eigenvalue weighted by Gasteiger charge is 2.13. The van der Waals surface area contributed by atoms with Crippen molar-refractivity contribution < 1.29 is 9.59 Å². The summed E-state index contributed by atoms with van der Waals surface area (Å²) in [5.41, 5.74) is 0. The van der Waals surface area contributed by atoms with E-state index >= 15 is 0 Å². The van der Waals surface area contributed by atoms with Crippen molar-refractivity contribution in [3.8, 4) is 0 Å². The van der Waals surface area contributed by atoms with Gasteiger partial charge in [-0.05, 0) is 20.3 Å². The lowest BCUT2D eigenvalue weighted by Gasteiger charge is -2.10. The van der Waals surface area contributed by atoms with Crippen LogP contribution in [0.4, 0.5) is 0 Å². The van der Waals surface area contributed by atoms with Crippen molar-refractivity contribution in [2.75, 3.05) is 6.54 Å². The molecule has 0 saturated carbocycles. The van der Waals surface area contributed by atoms with Crippen molar-refractivity contribution in [3.63, 3.8) is 0 Å². The molecule has 4 heteroatoms. The van der Waals surface area contributed by atoms with Gasteiger partial charge in [-0.2, -0.15) is 0 Å². The molecule has 0 aliphatic rings. The Labute approximate surface area is 72.7 Å². The number of carbonyl (C=O) groups excluding carboxylic acids is 2. The van der Waals surface area contributed by atoms with E-state index in [1.165, 1.54) is 0 Å². The van der Waals surface area contributed by atoms with Gasteiger partial charge < -0.3 is 10.6 Å². The third kappa shape index (κ3) is 3.95. The second-order valence-corrected chi connectivity index (χ2v) is 2.64. The van der Waals surface area contributed by atoms with Crippen molar-refractivity contribution in [1.29, 1.82) is 0 Å². The molecule has 2 N–H and O–H groups in total. The molecule has 2 amide bonds. The Morgan fingerprint density at radius 3 is 2.25 bits per heavy atom. The van der Waals surface area contributed by atoms with Gasteiger partial charge in [0.1, 0.15) is 0 Å². The first-order valence-electron chi connectivity index (χ1n) is 4.20. The molecule has 0 aromatic heterocycles. The van der Waals surface area contributed by atoms with E-state index in [1.807, 2.05) is 13.8 Å². The van der Waals surface area contributed by atoms with E-state index in [4.69, 9.17) is 0 Å². The van der Waals surface area contributed by atoms with Crippen LogP contribution in [0.15, 0.2) is 0 Å². The molecule has 0 aromatic carbocycles. The summed E-state index contributed by atoms with van der Waals surface area (Å²) < 4.78 is 0. The lowest BCUT2D eigenvalue weighted by atomic mass is 10.2. The van der Waals surface area contributed by atoms with E-state index in [1.54, 1.807) is 6.92 Å². The van der Waals surface area contributed by atoms with Gasteiger partial charge in [0, 0.05) is 12.6 Å². The van der Waals surface area contributed by atoms with Gasteiger partial charge in [0.15, 0.2) is 0 Å². The summed E-state index contributed by atoms with van der Waals surface area (Å²) in [5, 5.41) is 4.99. The SMILES string of the molecule is CCNC(=O)C(=O)N[C@@H](C)CC. The highest BCUT2D eigenvalue weighted by molar-refractivity contribution is 6.35. The molecule has 0 bridgehead atoms. The van der Waals surface area contributed by atoms with Gasteiger partial charge in [-0.1, -0.05) is 6.92 Å². The van der Waals surface area contributed by atoms with E-state index in [-0.39, 0.29) is 6.04 Å². The summed E-state index contributed by atoms with van der Waals surface area (Å²) in [5.74, 6) is -1.11. The Hall–Kier alpha value is -1.06. The predicted octanol–water partition coefficient (Wildman–Crippen LogP) is 0.0372. The third-order valence-corrected chi connectivity index (χ3v) is 1.53. The standard InChI is InChI=1S/C8H16N2O2/c1-4-6(3)10-8(12)7(11)9-5-2/h6H,4-5H2,1-3H3,(H,9,11)(H,10,12)/t6-/m0/s1. The molecule has 0 heterocycles. The highest BCUT2D eigenvalue weighted by Crippen LogP contribution is 1.86. The molecule has 4 nitrogen and oxygen atoms in total. The minimum Gasteiger partial charge on any atom is -0.348 e. The number of amides is 2. The van der Waals surface area contributed by atoms with Crippen LogP contribution in [0.5, 0.6) is 0 Å². The summed E-state index contributed by atoms with van der Waals surface area (Å²) in [4.78, 5) is 21.9. The molecular formula is C8H16N2O2. The van der Waals surface area contributed by atoms with Crippen molar-refractivity contribution >= 4 is 11.8 Å². The van der Waals surface area contributed by atoms with Gasteiger partial charge in [0.25, 0.3) is 0 Å². The normalized spacial score (nSPS) is 11.9. The maximum absolute atomic E-state index is 11.0. The molecule has 1 atom stereocenters. The third-order valence-electron chi connectivity index (χ3n) is 1.53. The smallest absolute Gasteiger partial charge is 0.309 e. The number of nitrogens with one attached hydrogen (secondary N) is 2. The maximum Gasteiger partial charge on any atom is 0.309 e. The fraction of sp³-hybridized carbons (Fsp3) is 0.750. The number of likely N-dealkylation sites (N-methyl/N-ethyl adjacent to an activating group) is 1. The fourth-order valence-electron chi connectivity index (χ4n) is 0.632. The minimum absolute atomic E-state index is 0.0557. The zero-order chi connectivity index (χ0) is 9.56. The van der Waals surface area contributed by atoms with Crippen LogP contribution in [0.25, 0.3) is 0 Å². The second-order valence-electron chi connectivity index (χ2n) is 2.64. The molecule has 0 rings (SSSR count). The van der Waals surface area contributed by atoms with Crippen LogP contribution in [0.1, 0.15) is 27.2 Å². The van der Waals surface area contributed by atoms with Crippen molar-refractivity contribution in [2.24, 2.45) is 0 Å². The molecule has 0 saturated heterocycles. The monoisotopic (exact) mass is 172 g/mol. The number of hydrogen-bond donors (Lipinski definition) is 2. The molecule has 0 radical (unpaired) electrons. The van der Waals surface area contributed by atoms with Crippen molar-refractivity contribution in [1.82, 2.24) is 10.6 Å². The molecule has 0 aliphatic carbocycles. The van der Waals surface area contributed by atoms with E-state index in [0.717, 1.165) is 6.42 Å². The maximum atomic E-state index is 11.0. The van der Waals surface area contributed by atoms with Crippen molar-refractivity contribution in [3.05, 3.63) is 0 Å². The zero-order valence-electron chi connectivity index (χ0n) is 7.81. The van der Waals surface area contributed by atoms with Crippen LogP contribution in [-0.4, -0.2) is 24.4 Å². The largest absolute Gasteiger partial charge is 0.348 e. The average molecular weight is 172 g/mol. The van der Waals surface area contributed by atoms with Crippen LogP contribution >= 0.6 is 0 Å². The minimum atomic E-state index is -0.558. The van der Waals surface area contributed by atoms with Crippen LogP contribution in [0.3, 0.4) is 0 Å². The Kier molecular flexibility index (Phi) is 5.08. The summed E-state index contributed by atoms with van der Waals surface area (Å²) in [6, 6.07) is 0.0557. The zero-order valence-corrected chi connectivity index (χ0v) is 7.81. The molecular weight excluding hydrogens is 156 g/mol. The number of carbonyl (C=O) groups is 2. The van der Waals surface area contributed by atoms with Gasteiger partial charge >= 0.3 is 11.8 Å². The lowest BCUT2D eigenvalue weighted by Crippen LogP contribution is -2.43. The Balaban J connectivity index is 3.79. The summed E-state index contributed by atoms with van der Waals surface area (Å²) >= 11 is 0. The molecule has 12 heavy (non-hydrogen) atoms. The van der Waals surface area contributed by atoms with E-state index in [0.29, 0.717) is 6.54 Å². The summed E-state index contributed by atoms with van der Waals surface area (Å²) in [6.07, 6.45) is 0.825. The van der Waals surface area contributed by atoms with Gasteiger partial charge in [0.2, 0.25) is 0 Å². The molecule has 70 valence electrons. The Bertz CT molecular complexity index is 168. The quantitative estimate of drug-likeness (QED) is 0.590. The van der Waals surface area contributed by atoms with Gasteiger partial charge in [-0.15, -0.1) is 0 Å². The van der Waals surface area contributed by atoms with Crippen LogP contribution in [-0.2, 0) is 9.59 Å². The molecule has 0 aliphatic heterocycles. The summed E-state index contributed by atoms with van der Waals surface area (Å²) in [6.45, 7) is 6.06. The van der Waals surface area contributed by atoms with Gasteiger partial charge in [-0.3, -0.25) is 9.59 Å². The molecule has 0 unspecified atom stereocenters. The number of hydrogen-bond acceptors (Lipinski definition) is 2. The van der Waals surface area contributed by atoms with E-state index < -0.39 is 11.8 Å². The van der Waals surface area contributed by atoms with Gasteiger partial charge in [-0.25, -0.2) is 0 Å². The topological polar surface area (TPSA) is 58.2 Å². The molecule has 0 aromatic rings. The molecule has 0 fully saturated rings. The lowest BCUT2D eigenvalue weighted by molar-refractivity contribution is -0.139. The predicted molar refractivity (Wildman–Crippen MR) is 46.6 cm³/mol. The van der Waals surface area contributed by atoms with Crippen LogP contribution in [0.2, 0.25) is 0 Å². The van der Waals surface area contributed by atoms with Crippen LogP contribution < -0.4 is 10.6 Å². The summed E-state index contributed by atoms with van der Waals surface area (Å²) in [7, 11) is 0. The van der Waals surface area contributed by atoms with E-state index in [2.05, 4.69) is 10.6 Å². The fourth-order valence-corrected chi connectivity index (χ4v) is 0.632. The number of rotatable bonds is 3. The molecule has 0 spiro atoms. The highest BCUT2D eigenvalue weighted by atomic mass is 16.2. The first-order valence-corrected chi connectivity index (χ1v) is 4.20. The Morgan fingerprint density at radius 2 is 1.83 bits per heavy atom. The van der Waals surface area contributed by atoms with E-state index in [9.17, 15) is 9.59 Å². The second kappa shape index (κ2) is 5.57. The Morgan fingerprint density at radius 1 is 1.25 bits per heavy atom.